The normalized spacial score (nSPS) is 16.8. The quantitative estimate of drug-likeness (QED) is 0.485. The van der Waals surface area contributed by atoms with Crippen LogP contribution >= 0.6 is 23.2 Å². The zero-order valence-corrected chi connectivity index (χ0v) is 18.6. The van der Waals surface area contributed by atoms with Crippen molar-refractivity contribution in [3.63, 3.8) is 0 Å². The molecule has 3 rings (SSSR count). The van der Waals surface area contributed by atoms with E-state index < -0.39 is 5.97 Å². The highest BCUT2D eigenvalue weighted by Gasteiger charge is 2.21. The molecule has 1 aromatic heterocycles. The number of hydrogen-bond acceptors (Lipinski definition) is 4. The van der Waals surface area contributed by atoms with Gasteiger partial charge in [-0.2, -0.15) is 5.10 Å². The standard InChI is InChI=1S/C22H25Cl2N3O3/c1-15-4-3-11-26(12-15)20(28)14-30-21(29)10-9-19-16(2)25-27(22(19)24)13-17-5-7-18(23)8-6-17/h5-10,15H,3-4,11-14H2,1-2H3/b10-9+. The minimum atomic E-state index is -0.589. The summed E-state index contributed by atoms with van der Waals surface area (Å²) >= 11 is 12.4. The molecule has 1 saturated heterocycles. The molecule has 1 unspecified atom stereocenters. The molecule has 160 valence electrons. The van der Waals surface area contributed by atoms with Crippen molar-refractivity contribution in [3.05, 3.63) is 57.3 Å². The van der Waals surface area contributed by atoms with E-state index in [9.17, 15) is 9.59 Å². The highest BCUT2D eigenvalue weighted by molar-refractivity contribution is 6.31. The molecule has 2 aromatic rings. The number of aryl methyl sites for hydroxylation is 1. The second-order valence-corrected chi connectivity index (χ2v) is 8.40. The first-order valence-electron chi connectivity index (χ1n) is 9.93. The van der Waals surface area contributed by atoms with Crippen LogP contribution in [0.15, 0.2) is 30.3 Å². The number of benzene rings is 1. The van der Waals surface area contributed by atoms with Gasteiger partial charge >= 0.3 is 5.97 Å². The monoisotopic (exact) mass is 449 g/mol. The number of nitrogens with zero attached hydrogens (tertiary/aromatic N) is 3. The Morgan fingerprint density at radius 2 is 2.00 bits per heavy atom. The van der Waals surface area contributed by atoms with Gasteiger partial charge in [-0.1, -0.05) is 42.3 Å². The van der Waals surface area contributed by atoms with Gasteiger partial charge in [0.1, 0.15) is 5.15 Å². The topological polar surface area (TPSA) is 64.4 Å². The molecule has 0 spiro atoms. The summed E-state index contributed by atoms with van der Waals surface area (Å²) in [5.41, 5.74) is 2.33. The number of aromatic nitrogens is 2. The minimum absolute atomic E-state index is 0.159. The summed E-state index contributed by atoms with van der Waals surface area (Å²) in [5.74, 6) is -0.268. The van der Waals surface area contributed by atoms with Gasteiger partial charge in [-0.3, -0.25) is 4.79 Å². The SMILES string of the molecule is Cc1nn(Cc2ccc(Cl)cc2)c(Cl)c1/C=C/C(=O)OCC(=O)N1CCCC(C)C1. The van der Waals surface area contributed by atoms with Gasteiger partial charge in [0.25, 0.3) is 5.91 Å². The van der Waals surface area contributed by atoms with Gasteiger partial charge in [0.2, 0.25) is 0 Å². The maximum Gasteiger partial charge on any atom is 0.331 e. The van der Waals surface area contributed by atoms with E-state index in [-0.39, 0.29) is 12.5 Å². The van der Waals surface area contributed by atoms with Gasteiger partial charge in [0.05, 0.1) is 12.2 Å². The van der Waals surface area contributed by atoms with Gasteiger partial charge in [0.15, 0.2) is 6.61 Å². The van der Waals surface area contributed by atoms with E-state index in [0.717, 1.165) is 24.9 Å². The average Bonchev–Trinajstić information content (AvgIpc) is 2.99. The fourth-order valence-electron chi connectivity index (χ4n) is 3.46. The molecule has 6 nitrogen and oxygen atoms in total. The Hall–Kier alpha value is -2.31. The zero-order valence-electron chi connectivity index (χ0n) is 17.1. The van der Waals surface area contributed by atoms with Crippen LogP contribution in [0.25, 0.3) is 6.08 Å². The van der Waals surface area contributed by atoms with E-state index >= 15 is 0 Å². The molecule has 1 aliphatic heterocycles. The fraction of sp³-hybridized carbons (Fsp3) is 0.409. The van der Waals surface area contributed by atoms with Crippen LogP contribution < -0.4 is 0 Å². The number of carbonyl (C=O) groups excluding carboxylic acids is 2. The van der Waals surface area contributed by atoms with Gasteiger partial charge < -0.3 is 9.64 Å². The molecule has 2 heterocycles. The maximum atomic E-state index is 12.2. The average molecular weight is 450 g/mol. The summed E-state index contributed by atoms with van der Waals surface area (Å²) in [6.45, 7) is 5.60. The first-order valence-corrected chi connectivity index (χ1v) is 10.7. The summed E-state index contributed by atoms with van der Waals surface area (Å²) in [4.78, 5) is 26.0. The Morgan fingerprint density at radius 3 is 2.70 bits per heavy atom. The number of likely N-dealkylation sites (tertiary alicyclic amines) is 1. The number of hydrogen-bond donors (Lipinski definition) is 0. The third-order valence-corrected chi connectivity index (χ3v) is 5.74. The molecular formula is C22H25Cl2N3O3. The predicted octanol–water partition coefficient (Wildman–Crippen LogP) is 4.36. The molecule has 1 amide bonds. The van der Waals surface area contributed by atoms with Crippen LogP contribution in [0.4, 0.5) is 0 Å². The lowest BCUT2D eigenvalue weighted by Crippen LogP contribution is -2.41. The Labute approximate surface area is 186 Å². The minimum Gasteiger partial charge on any atom is -0.452 e. The van der Waals surface area contributed by atoms with Crippen molar-refractivity contribution in [3.8, 4) is 0 Å². The number of carbonyl (C=O) groups is 2. The van der Waals surface area contributed by atoms with Crippen LogP contribution in [-0.4, -0.2) is 46.3 Å². The van der Waals surface area contributed by atoms with Crippen LogP contribution in [-0.2, 0) is 20.9 Å². The van der Waals surface area contributed by atoms with E-state index in [1.54, 1.807) is 15.7 Å². The van der Waals surface area contributed by atoms with Crippen molar-refractivity contribution in [2.75, 3.05) is 19.7 Å². The van der Waals surface area contributed by atoms with Crippen molar-refractivity contribution in [2.45, 2.75) is 33.2 Å². The Bertz CT molecular complexity index is 938. The fourth-order valence-corrected chi connectivity index (χ4v) is 3.89. The number of halogens is 2. The molecule has 1 aromatic carbocycles. The molecule has 8 heteroatoms. The third-order valence-electron chi connectivity index (χ3n) is 5.09. The molecule has 0 radical (unpaired) electrons. The molecule has 0 aliphatic carbocycles. The lowest BCUT2D eigenvalue weighted by atomic mass is 10.0. The Morgan fingerprint density at radius 1 is 1.27 bits per heavy atom. The van der Waals surface area contributed by atoms with Crippen molar-refractivity contribution in [1.82, 2.24) is 14.7 Å². The van der Waals surface area contributed by atoms with E-state index in [0.29, 0.717) is 40.4 Å². The molecule has 0 bridgehead atoms. The molecule has 30 heavy (non-hydrogen) atoms. The second kappa shape index (κ2) is 10.1. The highest BCUT2D eigenvalue weighted by atomic mass is 35.5. The van der Waals surface area contributed by atoms with Crippen LogP contribution in [0.2, 0.25) is 10.2 Å². The molecular weight excluding hydrogens is 425 g/mol. The highest BCUT2D eigenvalue weighted by Crippen LogP contribution is 2.23. The van der Waals surface area contributed by atoms with E-state index in [2.05, 4.69) is 12.0 Å². The number of ether oxygens (including phenoxy) is 1. The largest absolute Gasteiger partial charge is 0.452 e. The van der Waals surface area contributed by atoms with E-state index in [4.69, 9.17) is 27.9 Å². The Balaban J connectivity index is 1.57. The van der Waals surface area contributed by atoms with Crippen LogP contribution in [0.5, 0.6) is 0 Å². The van der Waals surface area contributed by atoms with Crippen molar-refractivity contribution >= 4 is 41.2 Å². The van der Waals surface area contributed by atoms with Gasteiger partial charge in [-0.05, 0) is 49.5 Å². The zero-order chi connectivity index (χ0) is 21.7. The maximum absolute atomic E-state index is 12.2. The van der Waals surface area contributed by atoms with E-state index in [1.807, 2.05) is 31.2 Å². The van der Waals surface area contributed by atoms with Gasteiger partial charge in [-0.15, -0.1) is 0 Å². The number of rotatable bonds is 6. The van der Waals surface area contributed by atoms with Crippen LogP contribution in [0.3, 0.4) is 0 Å². The molecule has 1 aliphatic rings. The predicted molar refractivity (Wildman–Crippen MR) is 117 cm³/mol. The third kappa shape index (κ3) is 5.86. The van der Waals surface area contributed by atoms with Crippen molar-refractivity contribution < 1.29 is 14.3 Å². The van der Waals surface area contributed by atoms with Crippen molar-refractivity contribution in [1.29, 1.82) is 0 Å². The summed E-state index contributed by atoms with van der Waals surface area (Å²) in [6, 6.07) is 7.43. The van der Waals surface area contributed by atoms with Crippen LogP contribution in [0, 0.1) is 12.8 Å². The molecule has 0 N–H and O–H groups in total. The lowest BCUT2D eigenvalue weighted by Gasteiger charge is -2.30. The van der Waals surface area contributed by atoms with Crippen LogP contribution in [0.1, 0.15) is 36.6 Å². The summed E-state index contributed by atoms with van der Waals surface area (Å²) in [7, 11) is 0. The molecule has 0 saturated carbocycles. The van der Waals surface area contributed by atoms with Gasteiger partial charge in [0, 0.05) is 29.8 Å². The summed E-state index contributed by atoms with van der Waals surface area (Å²) in [5, 5.41) is 5.52. The lowest BCUT2D eigenvalue weighted by molar-refractivity contribution is -0.149. The smallest absolute Gasteiger partial charge is 0.331 e. The number of piperidine rings is 1. The number of esters is 1. The summed E-state index contributed by atoms with van der Waals surface area (Å²) in [6.07, 6.45) is 4.95. The van der Waals surface area contributed by atoms with E-state index in [1.165, 1.54) is 6.08 Å². The first-order chi connectivity index (χ1) is 14.3. The number of amides is 1. The first kappa shape index (κ1) is 22.4. The van der Waals surface area contributed by atoms with Crippen molar-refractivity contribution in [2.24, 2.45) is 5.92 Å². The Kier molecular flexibility index (Phi) is 7.56. The van der Waals surface area contributed by atoms with Gasteiger partial charge in [-0.25, -0.2) is 9.48 Å². The molecule has 1 atom stereocenters. The second-order valence-electron chi connectivity index (χ2n) is 7.60. The summed E-state index contributed by atoms with van der Waals surface area (Å²) < 4.78 is 6.77. The molecule has 1 fully saturated rings.